The molecule has 1 heterocycles. The molecule has 0 radical (unpaired) electrons. The van der Waals surface area contributed by atoms with Crippen LogP contribution in [-0.4, -0.2) is 6.10 Å². The van der Waals surface area contributed by atoms with Gasteiger partial charge < -0.3 is 14.5 Å². The van der Waals surface area contributed by atoms with Crippen LogP contribution in [0.2, 0.25) is 0 Å². The van der Waals surface area contributed by atoms with Crippen LogP contribution in [0.5, 0.6) is 5.75 Å². The largest absolute Gasteiger partial charge is 0.491 e. The summed E-state index contributed by atoms with van der Waals surface area (Å²) < 4.78 is 11.3. The molecule has 0 saturated heterocycles. The average Bonchev–Trinajstić information content (AvgIpc) is 2.71. The summed E-state index contributed by atoms with van der Waals surface area (Å²) >= 11 is 0. The van der Waals surface area contributed by atoms with Crippen LogP contribution in [0.1, 0.15) is 49.5 Å². The molecule has 0 aliphatic rings. The third-order valence-electron chi connectivity index (χ3n) is 3.49. The van der Waals surface area contributed by atoms with Crippen molar-refractivity contribution in [3.8, 4) is 5.75 Å². The molecule has 114 valence electrons. The highest BCUT2D eigenvalue weighted by molar-refractivity contribution is 5.55. The number of hydrogen-bond donors (Lipinski definition) is 1. The molecule has 0 saturated carbocycles. The minimum Gasteiger partial charge on any atom is -0.491 e. The summed E-state index contributed by atoms with van der Waals surface area (Å²) in [4.78, 5) is 0. The Labute approximate surface area is 127 Å². The molecule has 0 aliphatic carbocycles. The smallest absolute Gasteiger partial charge is 0.120 e. The summed E-state index contributed by atoms with van der Waals surface area (Å²) in [6.45, 7) is 12.3. The molecular formula is C18H25NO2. The van der Waals surface area contributed by atoms with Gasteiger partial charge in [-0.15, -0.1) is 0 Å². The molecular weight excluding hydrogens is 262 g/mol. The van der Waals surface area contributed by atoms with Crippen LogP contribution in [-0.2, 0) is 0 Å². The zero-order chi connectivity index (χ0) is 15.6. The van der Waals surface area contributed by atoms with Gasteiger partial charge >= 0.3 is 0 Å². The Morgan fingerprint density at radius 2 is 1.76 bits per heavy atom. The minimum atomic E-state index is 0.193. The Morgan fingerprint density at radius 3 is 2.29 bits per heavy atom. The second-order valence-electron chi connectivity index (χ2n) is 5.88. The fourth-order valence-electron chi connectivity index (χ4n) is 2.53. The Hall–Kier alpha value is -1.90. The fraction of sp³-hybridized carbons (Fsp3) is 0.444. The summed E-state index contributed by atoms with van der Waals surface area (Å²) in [6, 6.07) is 8.46. The lowest BCUT2D eigenvalue weighted by molar-refractivity contribution is 0.242. The number of rotatable bonds is 5. The maximum atomic E-state index is 5.72. The summed E-state index contributed by atoms with van der Waals surface area (Å²) in [7, 11) is 0. The number of anilines is 1. The van der Waals surface area contributed by atoms with E-state index in [0.717, 1.165) is 23.0 Å². The van der Waals surface area contributed by atoms with Crippen LogP contribution in [0.25, 0.3) is 0 Å². The first-order valence-corrected chi connectivity index (χ1v) is 7.47. The number of ether oxygens (including phenoxy) is 1. The number of furan rings is 1. The monoisotopic (exact) mass is 287 g/mol. The molecule has 0 amide bonds. The first kappa shape index (κ1) is 15.5. The van der Waals surface area contributed by atoms with Crippen molar-refractivity contribution in [3.05, 3.63) is 46.9 Å². The van der Waals surface area contributed by atoms with E-state index in [0.29, 0.717) is 0 Å². The van der Waals surface area contributed by atoms with Crippen molar-refractivity contribution in [1.82, 2.24) is 0 Å². The summed E-state index contributed by atoms with van der Waals surface area (Å²) in [5.41, 5.74) is 3.50. The van der Waals surface area contributed by atoms with Gasteiger partial charge in [-0.1, -0.05) is 0 Å². The molecule has 0 fully saturated rings. The number of nitrogens with one attached hydrogen (secondary N) is 1. The third kappa shape index (κ3) is 3.81. The van der Waals surface area contributed by atoms with Crippen molar-refractivity contribution in [1.29, 1.82) is 0 Å². The molecule has 2 aromatic rings. The lowest BCUT2D eigenvalue weighted by atomic mass is 10.1. The second-order valence-corrected chi connectivity index (χ2v) is 5.88. The number of benzene rings is 1. The third-order valence-corrected chi connectivity index (χ3v) is 3.49. The Bertz CT molecular complexity index is 614. The Balaban J connectivity index is 2.14. The molecule has 1 unspecified atom stereocenters. The molecule has 1 aromatic carbocycles. The first-order chi connectivity index (χ1) is 9.86. The average molecular weight is 287 g/mol. The van der Waals surface area contributed by atoms with E-state index in [9.17, 15) is 0 Å². The lowest BCUT2D eigenvalue weighted by Crippen LogP contribution is -2.09. The predicted octanol–water partition coefficient (Wildman–Crippen LogP) is 5.17. The van der Waals surface area contributed by atoms with Crippen molar-refractivity contribution in [3.63, 3.8) is 0 Å². The van der Waals surface area contributed by atoms with Crippen LogP contribution < -0.4 is 10.1 Å². The molecule has 2 rings (SSSR count). The van der Waals surface area contributed by atoms with Gasteiger partial charge in [0.25, 0.3) is 0 Å². The zero-order valence-corrected chi connectivity index (χ0v) is 13.8. The van der Waals surface area contributed by atoms with Gasteiger partial charge in [-0.2, -0.15) is 0 Å². The van der Waals surface area contributed by atoms with E-state index in [1.165, 1.54) is 11.1 Å². The van der Waals surface area contributed by atoms with Gasteiger partial charge in [0.15, 0.2) is 0 Å². The van der Waals surface area contributed by atoms with E-state index in [-0.39, 0.29) is 12.1 Å². The van der Waals surface area contributed by atoms with Crippen molar-refractivity contribution >= 4 is 5.69 Å². The highest BCUT2D eigenvalue weighted by Gasteiger charge is 2.13. The maximum absolute atomic E-state index is 5.72. The van der Waals surface area contributed by atoms with Crippen LogP contribution in [0, 0.1) is 20.8 Å². The normalized spacial score (nSPS) is 12.5. The van der Waals surface area contributed by atoms with Crippen LogP contribution in [0.15, 0.2) is 28.7 Å². The highest BCUT2D eigenvalue weighted by atomic mass is 16.5. The van der Waals surface area contributed by atoms with Gasteiger partial charge in [-0.25, -0.2) is 0 Å². The van der Waals surface area contributed by atoms with Crippen molar-refractivity contribution in [2.24, 2.45) is 0 Å². The van der Waals surface area contributed by atoms with E-state index in [4.69, 9.17) is 9.15 Å². The molecule has 0 aliphatic heterocycles. The van der Waals surface area contributed by atoms with Crippen LogP contribution in [0.4, 0.5) is 5.69 Å². The number of aryl methyl sites for hydroxylation is 3. The van der Waals surface area contributed by atoms with Gasteiger partial charge in [0.1, 0.15) is 17.3 Å². The van der Waals surface area contributed by atoms with Crippen LogP contribution in [0.3, 0.4) is 0 Å². The van der Waals surface area contributed by atoms with Gasteiger partial charge in [-0.05, 0) is 71.4 Å². The molecule has 1 atom stereocenters. The lowest BCUT2D eigenvalue weighted by Gasteiger charge is -2.18. The SMILES string of the molecule is Cc1cc(C(C)Nc2ccc(OC(C)C)cc2C)c(C)o1. The van der Waals surface area contributed by atoms with E-state index >= 15 is 0 Å². The molecule has 21 heavy (non-hydrogen) atoms. The summed E-state index contributed by atoms with van der Waals surface area (Å²) in [5, 5.41) is 3.55. The molecule has 3 heteroatoms. The molecule has 1 aromatic heterocycles. The zero-order valence-electron chi connectivity index (χ0n) is 13.8. The molecule has 3 nitrogen and oxygen atoms in total. The van der Waals surface area contributed by atoms with Gasteiger partial charge in [0, 0.05) is 11.3 Å². The summed E-state index contributed by atoms with van der Waals surface area (Å²) in [5.74, 6) is 2.84. The van der Waals surface area contributed by atoms with Gasteiger partial charge in [0.2, 0.25) is 0 Å². The van der Waals surface area contributed by atoms with E-state index < -0.39 is 0 Å². The maximum Gasteiger partial charge on any atom is 0.120 e. The molecule has 0 spiro atoms. The number of hydrogen-bond acceptors (Lipinski definition) is 3. The standard InChI is InChI=1S/C18H25NO2/c1-11(2)20-16-7-8-18(12(3)9-16)19-14(5)17-10-13(4)21-15(17)6/h7-11,14,19H,1-6H3. The first-order valence-electron chi connectivity index (χ1n) is 7.47. The van der Waals surface area contributed by atoms with Crippen molar-refractivity contribution in [2.45, 2.75) is 53.7 Å². The van der Waals surface area contributed by atoms with E-state index in [2.05, 4.69) is 37.4 Å². The predicted molar refractivity (Wildman–Crippen MR) is 87.2 cm³/mol. The van der Waals surface area contributed by atoms with E-state index in [1.54, 1.807) is 0 Å². The molecule has 1 N–H and O–H groups in total. The minimum absolute atomic E-state index is 0.193. The van der Waals surface area contributed by atoms with Crippen molar-refractivity contribution in [2.75, 3.05) is 5.32 Å². The second kappa shape index (κ2) is 6.25. The van der Waals surface area contributed by atoms with Gasteiger partial charge in [-0.3, -0.25) is 0 Å². The Morgan fingerprint density at radius 1 is 1.05 bits per heavy atom. The van der Waals surface area contributed by atoms with Gasteiger partial charge in [0.05, 0.1) is 12.1 Å². The topological polar surface area (TPSA) is 34.4 Å². The van der Waals surface area contributed by atoms with Crippen molar-refractivity contribution < 1.29 is 9.15 Å². The molecule has 0 bridgehead atoms. The Kier molecular flexibility index (Phi) is 4.61. The fourth-order valence-corrected chi connectivity index (χ4v) is 2.53. The quantitative estimate of drug-likeness (QED) is 0.824. The highest BCUT2D eigenvalue weighted by Crippen LogP contribution is 2.28. The van der Waals surface area contributed by atoms with E-state index in [1.807, 2.05) is 33.8 Å². The summed E-state index contributed by atoms with van der Waals surface area (Å²) in [6.07, 6.45) is 0.193. The van der Waals surface area contributed by atoms with Crippen LogP contribution >= 0.6 is 0 Å².